The summed E-state index contributed by atoms with van der Waals surface area (Å²) in [6, 6.07) is 6.64. The van der Waals surface area contributed by atoms with Gasteiger partial charge in [0.15, 0.2) is 0 Å². The number of amides is 2. The smallest absolute Gasteiger partial charge is 0.255 e. The molecular formula is C20H31N3O3S. The van der Waals surface area contributed by atoms with Gasteiger partial charge in [-0.2, -0.15) is 0 Å². The molecular weight excluding hydrogens is 362 g/mol. The first kappa shape index (κ1) is 21.6. The van der Waals surface area contributed by atoms with Crippen molar-refractivity contribution in [1.82, 2.24) is 15.1 Å². The Morgan fingerprint density at radius 3 is 2.52 bits per heavy atom. The van der Waals surface area contributed by atoms with Crippen molar-refractivity contribution < 1.29 is 14.3 Å². The fourth-order valence-electron chi connectivity index (χ4n) is 3.03. The van der Waals surface area contributed by atoms with Gasteiger partial charge in [-0.15, -0.1) is 11.8 Å². The summed E-state index contributed by atoms with van der Waals surface area (Å²) < 4.78 is 5.17. The summed E-state index contributed by atoms with van der Waals surface area (Å²) >= 11 is 1.69. The van der Waals surface area contributed by atoms with Crippen molar-refractivity contribution in [3.63, 3.8) is 0 Å². The molecule has 1 N–H and O–H groups in total. The number of carbonyl (C=O) groups excluding carboxylic acids is 2. The highest BCUT2D eigenvalue weighted by atomic mass is 32.2. The molecule has 1 aliphatic heterocycles. The zero-order chi connectivity index (χ0) is 20.0. The second kappa shape index (κ2) is 9.99. The lowest BCUT2D eigenvalue weighted by atomic mass is 10.1. The fraction of sp³-hybridized carbons (Fsp3) is 0.600. The van der Waals surface area contributed by atoms with Crippen molar-refractivity contribution in [3.05, 3.63) is 29.8 Å². The van der Waals surface area contributed by atoms with E-state index >= 15 is 0 Å². The van der Waals surface area contributed by atoms with E-state index in [4.69, 9.17) is 4.74 Å². The first-order valence-corrected chi connectivity index (χ1v) is 10.4. The Morgan fingerprint density at radius 2 is 1.96 bits per heavy atom. The van der Waals surface area contributed by atoms with Crippen molar-refractivity contribution in [2.24, 2.45) is 5.92 Å². The van der Waals surface area contributed by atoms with Gasteiger partial charge in [0.2, 0.25) is 5.91 Å². The third-order valence-electron chi connectivity index (χ3n) is 4.50. The van der Waals surface area contributed by atoms with Crippen molar-refractivity contribution in [1.29, 1.82) is 0 Å². The Bertz CT molecular complexity index is 634. The van der Waals surface area contributed by atoms with Crippen LogP contribution >= 0.6 is 11.8 Å². The van der Waals surface area contributed by atoms with Gasteiger partial charge in [-0.05, 0) is 50.7 Å². The molecule has 0 saturated carbocycles. The van der Waals surface area contributed by atoms with E-state index in [-0.39, 0.29) is 17.2 Å². The van der Waals surface area contributed by atoms with Gasteiger partial charge >= 0.3 is 0 Å². The van der Waals surface area contributed by atoms with Gasteiger partial charge in [-0.25, -0.2) is 0 Å². The topological polar surface area (TPSA) is 61.9 Å². The molecule has 0 radical (unpaired) electrons. The first-order chi connectivity index (χ1) is 12.8. The van der Waals surface area contributed by atoms with E-state index in [2.05, 4.69) is 19.2 Å². The fourth-order valence-corrected chi connectivity index (χ4v) is 4.67. The minimum atomic E-state index is -0.435. The molecule has 2 atom stereocenters. The Kier molecular flexibility index (Phi) is 7.98. The highest BCUT2D eigenvalue weighted by Crippen LogP contribution is 2.34. The minimum Gasteiger partial charge on any atom is -0.497 e. The number of ether oxygens (including phenoxy) is 1. The Balaban J connectivity index is 2.17. The van der Waals surface area contributed by atoms with Gasteiger partial charge in [0.25, 0.3) is 5.91 Å². The lowest BCUT2D eigenvalue weighted by Gasteiger charge is -2.30. The summed E-state index contributed by atoms with van der Waals surface area (Å²) in [7, 11) is 5.53. The molecule has 27 heavy (non-hydrogen) atoms. The van der Waals surface area contributed by atoms with E-state index in [9.17, 15) is 9.59 Å². The van der Waals surface area contributed by atoms with Gasteiger partial charge < -0.3 is 19.9 Å². The maximum absolute atomic E-state index is 13.2. The summed E-state index contributed by atoms with van der Waals surface area (Å²) in [5, 5.41) is 2.99. The summed E-state index contributed by atoms with van der Waals surface area (Å²) in [4.78, 5) is 29.8. The van der Waals surface area contributed by atoms with Crippen LogP contribution in [0.15, 0.2) is 24.3 Å². The van der Waals surface area contributed by atoms with Crippen molar-refractivity contribution in [2.75, 3.05) is 40.0 Å². The van der Waals surface area contributed by atoms with Gasteiger partial charge in [0, 0.05) is 24.4 Å². The number of nitrogens with one attached hydrogen (secondary N) is 1. The van der Waals surface area contributed by atoms with Gasteiger partial charge in [0.1, 0.15) is 11.8 Å². The molecule has 7 heteroatoms. The molecule has 150 valence electrons. The van der Waals surface area contributed by atoms with Crippen molar-refractivity contribution in [2.45, 2.75) is 31.7 Å². The Labute approximate surface area is 166 Å². The zero-order valence-electron chi connectivity index (χ0n) is 16.9. The number of rotatable bonds is 8. The molecule has 6 nitrogen and oxygen atoms in total. The second-order valence-electron chi connectivity index (χ2n) is 7.47. The molecule has 1 heterocycles. The average molecular weight is 394 g/mol. The predicted molar refractivity (Wildman–Crippen MR) is 110 cm³/mol. The molecule has 0 bridgehead atoms. The minimum absolute atomic E-state index is 0.0178. The molecule has 2 amide bonds. The second-order valence-corrected chi connectivity index (χ2v) is 8.68. The highest BCUT2D eigenvalue weighted by molar-refractivity contribution is 8.00. The number of nitrogens with zero attached hydrogens (tertiary/aromatic N) is 2. The van der Waals surface area contributed by atoms with Crippen LogP contribution in [0.5, 0.6) is 5.75 Å². The molecule has 2 rings (SSSR count). The van der Waals surface area contributed by atoms with E-state index in [0.29, 0.717) is 29.5 Å². The van der Waals surface area contributed by atoms with Gasteiger partial charge in [-0.3, -0.25) is 9.59 Å². The quantitative estimate of drug-likeness (QED) is 0.734. The Morgan fingerprint density at radius 1 is 1.30 bits per heavy atom. The van der Waals surface area contributed by atoms with Crippen LogP contribution in [-0.2, 0) is 4.79 Å². The zero-order valence-corrected chi connectivity index (χ0v) is 17.7. The molecule has 0 aliphatic carbocycles. The summed E-state index contributed by atoms with van der Waals surface area (Å²) in [5.41, 5.74) is 0.582. The number of benzene rings is 1. The molecule has 1 aromatic carbocycles. The predicted octanol–water partition coefficient (Wildman–Crippen LogP) is 2.30. The number of hydrogen-bond acceptors (Lipinski definition) is 5. The van der Waals surface area contributed by atoms with E-state index in [1.165, 1.54) is 0 Å². The van der Waals surface area contributed by atoms with Gasteiger partial charge in [0.05, 0.1) is 12.5 Å². The van der Waals surface area contributed by atoms with Crippen LogP contribution in [-0.4, -0.2) is 73.1 Å². The van der Waals surface area contributed by atoms with E-state index in [0.717, 1.165) is 13.0 Å². The van der Waals surface area contributed by atoms with Crippen LogP contribution in [0, 0.1) is 5.92 Å². The third kappa shape index (κ3) is 5.87. The lowest BCUT2D eigenvalue weighted by molar-refractivity contribution is -0.124. The number of thioether (sulfide) groups is 1. The van der Waals surface area contributed by atoms with Crippen LogP contribution in [0.4, 0.5) is 0 Å². The Hall–Kier alpha value is -1.73. The molecule has 1 fully saturated rings. The van der Waals surface area contributed by atoms with Crippen LogP contribution in [0.3, 0.4) is 0 Å². The van der Waals surface area contributed by atoms with Crippen LogP contribution in [0.2, 0.25) is 0 Å². The maximum Gasteiger partial charge on any atom is 0.255 e. The van der Waals surface area contributed by atoms with Crippen LogP contribution in [0.25, 0.3) is 0 Å². The molecule has 1 aliphatic rings. The number of methoxy groups -OCH3 is 1. The van der Waals surface area contributed by atoms with E-state index < -0.39 is 6.04 Å². The van der Waals surface area contributed by atoms with Crippen molar-refractivity contribution in [3.8, 4) is 5.75 Å². The molecule has 2 unspecified atom stereocenters. The van der Waals surface area contributed by atoms with Crippen LogP contribution < -0.4 is 10.1 Å². The standard InChI is InChI=1S/C20H31N3O3S/c1-14(2)12-18-23(20(25)15-6-8-16(26-5)9-7-15)17(13-27-18)19(24)21-10-11-22(3)4/h6-9,14,17-18H,10-13H2,1-5H3,(H,21,24). The lowest BCUT2D eigenvalue weighted by Crippen LogP contribution is -2.50. The maximum atomic E-state index is 13.2. The summed E-state index contributed by atoms with van der Waals surface area (Å²) in [6.07, 6.45) is 0.869. The van der Waals surface area contributed by atoms with Crippen molar-refractivity contribution >= 4 is 23.6 Å². The van der Waals surface area contributed by atoms with E-state index in [1.54, 1.807) is 48.0 Å². The normalized spacial score (nSPS) is 19.6. The monoisotopic (exact) mass is 393 g/mol. The van der Waals surface area contributed by atoms with Crippen LogP contribution in [0.1, 0.15) is 30.6 Å². The largest absolute Gasteiger partial charge is 0.497 e. The molecule has 0 aromatic heterocycles. The number of carbonyl (C=O) groups is 2. The molecule has 1 aromatic rings. The average Bonchev–Trinajstić information content (AvgIpc) is 3.03. The number of likely N-dealkylation sites (N-methyl/N-ethyl adjacent to an activating group) is 1. The molecule has 1 saturated heterocycles. The molecule has 0 spiro atoms. The summed E-state index contributed by atoms with van der Waals surface area (Å²) in [6.45, 7) is 5.63. The third-order valence-corrected chi connectivity index (χ3v) is 5.81. The first-order valence-electron chi connectivity index (χ1n) is 9.34. The summed E-state index contributed by atoms with van der Waals surface area (Å²) in [5.74, 6) is 1.62. The van der Waals surface area contributed by atoms with E-state index in [1.807, 2.05) is 19.0 Å². The SMILES string of the molecule is COc1ccc(C(=O)N2C(CC(C)C)SCC2C(=O)NCCN(C)C)cc1. The number of hydrogen-bond donors (Lipinski definition) is 1. The van der Waals surface area contributed by atoms with Gasteiger partial charge in [-0.1, -0.05) is 13.8 Å². The highest BCUT2D eigenvalue weighted by Gasteiger charge is 2.41.